The Hall–Kier alpha value is -2.42. The standard InChI is InChI=1S/C30H36BrClN4O3/c1-33-29(39)30(36-15-6-5-9-26(36)37)13-17-35(18-14-30)16-12-21(20-10-11-24(31)25(32)19-20)27-22-7-3-4-8-23(22)28(38)34(27)2/h3-4,7-8,10-11,19,21,27H,5-6,9,12-18H2,1-2H3,(H,33,39)/t21-,27+/m0/s1. The minimum atomic E-state index is -0.765. The zero-order valence-corrected chi connectivity index (χ0v) is 24.9. The molecule has 3 heterocycles. The van der Waals surface area contributed by atoms with Gasteiger partial charge in [-0.05, 0) is 83.9 Å². The summed E-state index contributed by atoms with van der Waals surface area (Å²) in [6.07, 6.45) is 4.43. The second-order valence-corrected chi connectivity index (χ2v) is 12.2. The van der Waals surface area contributed by atoms with Gasteiger partial charge in [-0.2, -0.15) is 0 Å². The van der Waals surface area contributed by atoms with E-state index in [1.807, 2.05) is 47.2 Å². The number of piperidine rings is 2. The van der Waals surface area contributed by atoms with Crippen LogP contribution in [0.3, 0.4) is 0 Å². The van der Waals surface area contributed by atoms with Gasteiger partial charge in [-0.3, -0.25) is 14.4 Å². The average molecular weight is 616 g/mol. The van der Waals surface area contributed by atoms with Crippen LogP contribution in [0.25, 0.3) is 0 Å². The molecule has 2 saturated heterocycles. The second kappa shape index (κ2) is 11.6. The summed E-state index contributed by atoms with van der Waals surface area (Å²) in [6, 6.07) is 13.9. The van der Waals surface area contributed by atoms with E-state index in [0.29, 0.717) is 30.8 Å². The van der Waals surface area contributed by atoms with Gasteiger partial charge < -0.3 is 20.0 Å². The number of halogens is 2. The maximum absolute atomic E-state index is 13.1. The highest BCUT2D eigenvalue weighted by Gasteiger charge is 2.48. The number of carbonyl (C=O) groups excluding carboxylic acids is 3. The van der Waals surface area contributed by atoms with E-state index in [-0.39, 0.29) is 29.7 Å². The summed E-state index contributed by atoms with van der Waals surface area (Å²) in [4.78, 5) is 45.2. The summed E-state index contributed by atoms with van der Waals surface area (Å²) >= 11 is 10.0. The maximum atomic E-state index is 13.1. The van der Waals surface area contributed by atoms with Crippen molar-refractivity contribution in [2.75, 3.05) is 40.3 Å². The van der Waals surface area contributed by atoms with Gasteiger partial charge >= 0.3 is 0 Å². The molecule has 0 spiro atoms. The fourth-order valence-electron chi connectivity index (χ4n) is 6.79. The van der Waals surface area contributed by atoms with Gasteiger partial charge in [0.15, 0.2) is 0 Å². The largest absolute Gasteiger partial charge is 0.357 e. The lowest BCUT2D eigenvalue weighted by Crippen LogP contribution is -2.65. The first-order chi connectivity index (χ1) is 18.8. The molecular weight excluding hydrogens is 580 g/mol. The summed E-state index contributed by atoms with van der Waals surface area (Å²) in [5, 5.41) is 3.49. The van der Waals surface area contributed by atoms with Gasteiger partial charge in [-0.25, -0.2) is 0 Å². The van der Waals surface area contributed by atoms with E-state index in [9.17, 15) is 14.4 Å². The molecule has 0 aromatic heterocycles. The molecule has 0 bridgehead atoms. The zero-order chi connectivity index (χ0) is 27.7. The van der Waals surface area contributed by atoms with Crippen molar-refractivity contribution in [2.45, 2.75) is 56.0 Å². The van der Waals surface area contributed by atoms with E-state index in [1.165, 1.54) is 0 Å². The third-order valence-electron chi connectivity index (χ3n) is 8.93. The van der Waals surface area contributed by atoms with Crippen molar-refractivity contribution in [3.05, 3.63) is 68.7 Å². The lowest BCUT2D eigenvalue weighted by Gasteiger charge is -2.48. The number of amides is 3. The molecule has 3 aliphatic rings. The third kappa shape index (κ3) is 5.23. The number of nitrogens with zero attached hydrogens (tertiary/aromatic N) is 3. The molecule has 3 amide bonds. The van der Waals surface area contributed by atoms with Gasteiger partial charge in [-0.1, -0.05) is 35.9 Å². The van der Waals surface area contributed by atoms with Gasteiger partial charge in [0, 0.05) is 56.1 Å². The number of hydrogen-bond donors (Lipinski definition) is 1. The fourth-order valence-corrected chi connectivity index (χ4v) is 7.23. The Balaban J connectivity index is 1.36. The van der Waals surface area contributed by atoms with Crippen LogP contribution in [0.2, 0.25) is 5.02 Å². The predicted molar refractivity (Wildman–Crippen MR) is 156 cm³/mol. The average Bonchev–Trinajstić information content (AvgIpc) is 3.20. The molecule has 2 atom stereocenters. The molecule has 1 N–H and O–H groups in total. The molecule has 7 nitrogen and oxygen atoms in total. The molecule has 2 aromatic rings. The van der Waals surface area contributed by atoms with Crippen molar-refractivity contribution in [2.24, 2.45) is 0 Å². The minimum absolute atomic E-state index is 0.0440. The first kappa shape index (κ1) is 28.1. The van der Waals surface area contributed by atoms with Crippen LogP contribution in [0.1, 0.15) is 72.0 Å². The molecule has 0 radical (unpaired) electrons. The minimum Gasteiger partial charge on any atom is -0.357 e. The molecule has 39 heavy (non-hydrogen) atoms. The number of hydrogen-bond acceptors (Lipinski definition) is 4. The van der Waals surface area contributed by atoms with Crippen LogP contribution < -0.4 is 5.32 Å². The van der Waals surface area contributed by atoms with E-state index in [1.54, 1.807) is 7.05 Å². The van der Waals surface area contributed by atoms with E-state index < -0.39 is 5.54 Å². The van der Waals surface area contributed by atoms with Crippen LogP contribution in [-0.2, 0) is 9.59 Å². The summed E-state index contributed by atoms with van der Waals surface area (Å²) in [7, 11) is 3.55. The van der Waals surface area contributed by atoms with Crippen molar-refractivity contribution >= 4 is 45.3 Å². The van der Waals surface area contributed by atoms with Gasteiger partial charge in [0.2, 0.25) is 11.8 Å². The Morgan fingerprint density at radius 2 is 1.87 bits per heavy atom. The summed E-state index contributed by atoms with van der Waals surface area (Å²) in [6.45, 7) is 2.94. The molecule has 2 aromatic carbocycles. The molecule has 5 rings (SSSR count). The number of benzene rings is 2. The molecular formula is C30H36BrClN4O3. The van der Waals surface area contributed by atoms with Crippen LogP contribution >= 0.6 is 27.5 Å². The van der Waals surface area contributed by atoms with Crippen LogP contribution in [0.4, 0.5) is 0 Å². The Labute approximate surface area is 244 Å². The Morgan fingerprint density at radius 1 is 1.13 bits per heavy atom. The lowest BCUT2D eigenvalue weighted by atomic mass is 9.82. The van der Waals surface area contributed by atoms with Crippen molar-refractivity contribution in [1.29, 1.82) is 0 Å². The van der Waals surface area contributed by atoms with Gasteiger partial charge in [0.1, 0.15) is 5.54 Å². The fraction of sp³-hybridized carbons (Fsp3) is 0.500. The van der Waals surface area contributed by atoms with Crippen molar-refractivity contribution < 1.29 is 14.4 Å². The van der Waals surface area contributed by atoms with Crippen molar-refractivity contribution in [3.8, 4) is 0 Å². The number of likely N-dealkylation sites (N-methyl/N-ethyl adjacent to an activating group) is 2. The van der Waals surface area contributed by atoms with Crippen LogP contribution in [0, 0.1) is 0 Å². The molecule has 0 saturated carbocycles. The molecule has 3 aliphatic heterocycles. The first-order valence-corrected chi connectivity index (χ1v) is 15.0. The summed E-state index contributed by atoms with van der Waals surface area (Å²) in [5.74, 6) is 0.131. The third-order valence-corrected chi connectivity index (χ3v) is 10.2. The van der Waals surface area contributed by atoms with Crippen LogP contribution in [0.15, 0.2) is 46.9 Å². The highest BCUT2D eigenvalue weighted by atomic mass is 79.9. The highest BCUT2D eigenvalue weighted by Crippen LogP contribution is 2.45. The first-order valence-electron chi connectivity index (χ1n) is 13.8. The summed E-state index contributed by atoms with van der Waals surface area (Å²) in [5.41, 5.74) is 2.14. The van der Waals surface area contributed by atoms with Crippen LogP contribution in [-0.4, -0.2) is 78.2 Å². The maximum Gasteiger partial charge on any atom is 0.254 e. The number of carbonyl (C=O) groups is 3. The van der Waals surface area contributed by atoms with Gasteiger partial charge in [0.25, 0.3) is 5.91 Å². The molecule has 2 fully saturated rings. The quantitative estimate of drug-likeness (QED) is 0.476. The SMILES string of the molecule is CNC(=O)C1(N2CCCCC2=O)CCN(CC[C@@H](c2ccc(Br)c(Cl)c2)[C@@H]2c3ccccc3C(=O)N2C)CC1. The number of likely N-dealkylation sites (tertiary alicyclic amines) is 2. The number of fused-ring (bicyclic) bond motifs is 1. The lowest BCUT2D eigenvalue weighted by molar-refractivity contribution is -0.153. The molecule has 208 valence electrons. The van der Waals surface area contributed by atoms with E-state index >= 15 is 0 Å². The second-order valence-electron chi connectivity index (χ2n) is 11.0. The van der Waals surface area contributed by atoms with Gasteiger partial charge in [0.05, 0.1) is 11.1 Å². The Morgan fingerprint density at radius 3 is 2.56 bits per heavy atom. The molecule has 0 unspecified atom stereocenters. The van der Waals surface area contributed by atoms with Gasteiger partial charge in [-0.15, -0.1) is 0 Å². The van der Waals surface area contributed by atoms with Crippen LogP contribution in [0.5, 0.6) is 0 Å². The predicted octanol–water partition coefficient (Wildman–Crippen LogP) is 5.00. The van der Waals surface area contributed by atoms with Crippen molar-refractivity contribution in [1.82, 2.24) is 20.0 Å². The zero-order valence-electron chi connectivity index (χ0n) is 22.6. The van der Waals surface area contributed by atoms with E-state index in [2.05, 4.69) is 38.3 Å². The Kier molecular flexibility index (Phi) is 8.36. The molecule has 9 heteroatoms. The number of rotatable bonds is 7. The normalized spacial score (nSPS) is 22.1. The Bertz CT molecular complexity index is 1260. The molecule has 0 aliphatic carbocycles. The van der Waals surface area contributed by atoms with Crippen molar-refractivity contribution in [3.63, 3.8) is 0 Å². The van der Waals surface area contributed by atoms with E-state index in [0.717, 1.165) is 60.1 Å². The topological polar surface area (TPSA) is 73.0 Å². The smallest absolute Gasteiger partial charge is 0.254 e. The highest BCUT2D eigenvalue weighted by molar-refractivity contribution is 9.10. The number of nitrogens with one attached hydrogen (secondary N) is 1. The summed E-state index contributed by atoms with van der Waals surface area (Å²) < 4.78 is 0.844. The monoisotopic (exact) mass is 614 g/mol. The van der Waals surface area contributed by atoms with E-state index in [4.69, 9.17) is 11.6 Å².